The van der Waals surface area contributed by atoms with Gasteiger partial charge in [0.2, 0.25) is 0 Å². The normalized spacial score (nSPS) is 14.5. The summed E-state index contributed by atoms with van der Waals surface area (Å²) in [6.45, 7) is 11.8. The molecule has 0 N–H and O–H groups in total. The van der Waals surface area contributed by atoms with E-state index in [1.165, 1.54) is 17.4 Å². The third-order valence-electron chi connectivity index (χ3n) is 6.26. The van der Waals surface area contributed by atoms with E-state index in [1.54, 1.807) is 0 Å². The largest absolute Gasteiger partial charge is 0.303 e. The molecule has 10 heteroatoms. The van der Waals surface area contributed by atoms with E-state index in [9.17, 15) is 25.0 Å². The minimum atomic E-state index is -0.720. The van der Waals surface area contributed by atoms with Gasteiger partial charge in [-0.25, -0.2) is 0 Å². The Hall–Kier alpha value is -4.31. The van der Waals surface area contributed by atoms with E-state index in [-0.39, 0.29) is 11.5 Å². The van der Waals surface area contributed by atoms with Gasteiger partial charge in [-0.3, -0.25) is 25.0 Å². The number of nitro groups is 2. The lowest BCUT2D eigenvalue weighted by Gasteiger charge is -2.31. The van der Waals surface area contributed by atoms with Gasteiger partial charge in [-0.1, -0.05) is 59.7 Å². The van der Waals surface area contributed by atoms with Crippen molar-refractivity contribution < 1.29 is 14.6 Å². The van der Waals surface area contributed by atoms with Crippen LogP contribution < -0.4 is 0 Å². The number of nitro benzene ring substituents is 2. The Balaban J connectivity index is 2.01. The molecule has 4 rings (SSSR count). The minimum absolute atomic E-state index is 0.0302. The van der Waals surface area contributed by atoms with E-state index < -0.39 is 32.1 Å². The van der Waals surface area contributed by atoms with Crippen molar-refractivity contribution in [2.24, 2.45) is 21.1 Å². The zero-order chi connectivity index (χ0) is 28.7. The van der Waals surface area contributed by atoms with E-state index in [0.29, 0.717) is 22.4 Å². The Morgan fingerprint density at radius 3 is 2.00 bits per heavy atom. The first-order chi connectivity index (χ1) is 18.2. The molecule has 9 nitrogen and oxygen atoms in total. The van der Waals surface area contributed by atoms with Gasteiger partial charge >= 0.3 is 5.69 Å². The molecular weight excluding hydrogens is 516 g/mol. The first-order valence-corrected chi connectivity index (χ1v) is 13.1. The number of rotatable bonds is 5. The van der Waals surface area contributed by atoms with Gasteiger partial charge in [-0.2, -0.15) is 0 Å². The highest BCUT2D eigenvalue weighted by molar-refractivity contribution is 7.20. The van der Waals surface area contributed by atoms with Crippen molar-refractivity contribution in [3.8, 4) is 0 Å². The third kappa shape index (κ3) is 5.75. The number of ketones is 1. The van der Waals surface area contributed by atoms with Gasteiger partial charge in [-0.05, 0) is 46.6 Å². The summed E-state index contributed by atoms with van der Waals surface area (Å²) in [6, 6.07) is 13.0. The second kappa shape index (κ2) is 10.1. The highest BCUT2D eigenvalue weighted by Gasteiger charge is 2.35. The second-order valence-corrected chi connectivity index (χ2v) is 12.4. The zero-order valence-electron chi connectivity index (χ0n) is 22.5. The lowest BCUT2D eigenvalue weighted by molar-refractivity contribution is -0.393. The number of thiophene rings is 1. The smallest absolute Gasteiger partial charge is 0.289 e. The number of Topliss-reactive ketones (excluding diaryl/α,β-unsaturated/α-hetero) is 1. The van der Waals surface area contributed by atoms with E-state index in [0.717, 1.165) is 27.1 Å². The molecule has 0 unspecified atom stereocenters. The van der Waals surface area contributed by atoms with E-state index in [4.69, 9.17) is 0 Å². The number of non-ortho nitro benzene ring substituents is 1. The van der Waals surface area contributed by atoms with Crippen LogP contribution in [-0.4, -0.2) is 15.6 Å². The van der Waals surface area contributed by atoms with Crippen LogP contribution in [0.5, 0.6) is 0 Å². The molecule has 2 aromatic carbocycles. The van der Waals surface area contributed by atoms with Crippen LogP contribution in [0.15, 0.2) is 87.6 Å². The Bertz CT molecular complexity index is 1580. The van der Waals surface area contributed by atoms with Crippen molar-refractivity contribution in [2.45, 2.75) is 41.5 Å². The van der Waals surface area contributed by atoms with Gasteiger partial charge in [0.25, 0.3) is 5.69 Å². The predicted octanol–water partition coefficient (Wildman–Crippen LogP) is 8.74. The fraction of sp³-hybridized carbons (Fsp3) is 0.276. The molecule has 3 aromatic rings. The third-order valence-corrected chi connectivity index (χ3v) is 7.38. The highest BCUT2D eigenvalue weighted by Crippen LogP contribution is 2.43. The monoisotopic (exact) mass is 544 g/mol. The second-order valence-electron chi connectivity index (χ2n) is 11.3. The molecule has 0 spiro atoms. The Kier molecular flexibility index (Phi) is 7.18. The fourth-order valence-corrected chi connectivity index (χ4v) is 5.26. The van der Waals surface area contributed by atoms with Crippen LogP contribution in [-0.2, 0) is 4.79 Å². The standard InChI is InChI=1S/C29H28N4O5S/c1-28(2,3)20-13-18(14-21(27(20)34)29(4,5)6)26(25-15-17-9-7-8-10-24(17)39-25)31-30-22-12-11-19(32(35)36)16-23(22)33(37)38/h7-16H,1-6H3. The van der Waals surface area contributed by atoms with Crippen LogP contribution in [0.2, 0.25) is 0 Å². The van der Waals surface area contributed by atoms with Crippen molar-refractivity contribution >= 4 is 50.0 Å². The van der Waals surface area contributed by atoms with Crippen LogP contribution in [0.3, 0.4) is 0 Å². The average molecular weight is 545 g/mol. The summed E-state index contributed by atoms with van der Waals surface area (Å²) in [5.41, 5.74) is 0.398. The summed E-state index contributed by atoms with van der Waals surface area (Å²) in [7, 11) is 0. The number of hydrogen-bond acceptors (Lipinski definition) is 8. The van der Waals surface area contributed by atoms with Gasteiger partial charge in [0.15, 0.2) is 11.5 Å². The summed E-state index contributed by atoms with van der Waals surface area (Å²) in [6.07, 6.45) is 3.64. The van der Waals surface area contributed by atoms with Crippen molar-refractivity contribution in [1.29, 1.82) is 0 Å². The van der Waals surface area contributed by atoms with Crippen LogP contribution in [0.1, 0.15) is 46.4 Å². The van der Waals surface area contributed by atoms with Gasteiger partial charge in [0, 0.05) is 27.5 Å². The van der Waals surface area contributed by atoms with Gasteiger partial charge in [0.1, 0.15) is 5.70 Å². The van der Waals surface area contributed by atoms with Crippen LogP contribution in [0.4, 0.5) is 17.1 Å². The van der Waals surface area contributed by atoms with Crippen molar-refractivity contribution in [3.05, 3.63) is 103 Å². The number of hydrogen-bond donors (Lipinski definition) is 0. The average Bonchev–Trinajstić information content (AvgIpc) is 3.27. The van der Waals surface area contributed by atoms with Gasteiger partial charge in [-0.15, -0.1) is 21.6 Å². The SMILES string of the molecule is CC(C)(C)C1=CC(=C(N=Nc2ccc([N+](=O)[O-])cc2[N+](=O)[O-])c2cc3ccccc3s2)C=C(C(C)(C)C)C1=O. The number of allylic oxidation sites excluding steroid dienone is 5. The molecule has 1 aromatic heterocycles. The number of fused-ring (bicyclic) bond motifs is 1. The topological polar surface area (TPSA) is 128 Å². The lowest BCUT2D eigenvalue weighted by Crippen LogP contribution is -2.28. The van der Waals surface area contributed by atoms with Crippen LogP contribution in [0, 0.1) is 31.1 Å². The Morgan fingerprint density at radius 1 is 0.846 bits per heavy atom. The molecule has 0 bridgehead atoms. The molecule has 1 aliphatic rings. The maximum Gasteiger partial charge on any atom is 0.303 e. The molecule has 0 radical (unpaired) electrons. The summed E-state index contributed by atoms with van der Waals surface area (Å²) in [5.74, 6) is -0.0302. The summed E-state index contributed by atoms with van der Waals surface area (Å²) in [5, 5.41) is 32.6. The number of carbonyl (C=O) groups is 1. The maximum atomic E-state index is 13.5. The van der Waals surface area contributed by atoms with Crippen LogP contribution in [0.25, 0.3) is 15.8 Å². The molecule has 200 valence electrons. The molecule has 0 aliphatic heterocycles. The highest BCUT2D eigenvalue weighted by atomic mass is 32.1. The molecular formula is C29H28N4O5S. The number of nitrogens with zero attached hydrogens (tertiary/aromatic N) is 4. The summed E-state index contributed by atoms with van der Waals surface area (Å²) >= 11 is 1.49. The number of azo groups is 1. The van der Waals surface area contributed by atoms with Crippen LogP contribution >= 0.6 is 11.3 Å². The fourth-order valence-electron chi connectivity index (χ4n) is 4.19. The first kappa shape index (κ1) is 27.7. The maximum absolute atomic E-state index is 13.5. The zero-order valence-corrected chi connectivity index (χ0v) is 23.3. The Morgan fingerprint density at radius 2 is 1.46 bits per heavy atom. The molecule has 0 amide bonds. The van der Waals surface area contributed by atoms with E-state index >= 15 is 0 Å². The summed E-state index contributed by atoms with van der Waals surface area (Å²) < 4.78 is 1.02. The molecule has 0 saturated heterocycles. The molecule has 39 heavy (non-hydrogen) atoms. The molecule has 0 fully saturated rings. The van der Waals surface area contributed by atoms with Crippen molar-refractivity contribution in [2.75, 3.05) is 0 Å². The predicted molar refractivity (Wildman–Crippen MR) is 153 cm³/mol. The molecule has 1 heterocycles. The van der Waals surface area contributed by atoms with E-state index in [2.05, 4.69) is 10.2 Å². The molecule has 0 atom stereocenters. The molecule has 0 saturated carbocycles. The van der Waals surface area contributed by atoms with Gasteiger partial charge in [0.05, 0.1) is 20.8 Å². The quantitative estimate of drug-likeness (QED) is 0.180. The summed E-state index contributed by atoms with van der Waals surface area (Å²) in [4.78, 5) is 35.7. The van der Waals surface area contributed by atoms with E-state index in [1.807, 2.05) is 84.0 Å². The lowest BCUT2D eigenvalue weighted by atomic mass is 9.71. The van der Waals surface area contributed by atoms with Gasteiger partial charge < -0.3 is 0 Å². The number of carbonyl (C=O) groups excluding carboxylic acids is 1. The van der Waals surface area contributed by atoms with Crippen molar-refractivity contribution in [1.82, 2.24) is 0 Å². The number of benzene rings is 2. The first-order valence-electron chi connectivity index (χ1n) is 12.2. The molecule has 1 aliphatic carbocycles. The minimum Gasteiger partial charge on any atom is -0.289 e. The Labute approximate surface area is 229 Å². The van der Waals surface area contributed by atoms with Crippen molar-refractivity contribution in [3.63, 3.8) is 0 Å².